The molecule has 118 valence electrons. The van der Waals surface area contributed by atoms with Crippen LogP contribution in [-0.2, 0) is 0 Å². The third kappa shape index (κ3) is 5.94. The van der Waals surface area contributed by atoms with Crippen LogP contribution in [0.1, 0.15) is 44.0 Å². The van der Waals surface area contributed by atoms with Crippen LogP contribution in [0.25, 0.3) is 0 Å². The molecule has 0 amide bonds. The van der Waals surface area contributed by atoms with Gasteiger partial charge in [-0.05, 0) is 57.6 Å². The van der Waals surface area contributed by atoms with Crippen molar-refractivity contribution in [2.75, 3.05) is 25.0 Å². The molecule has 4 nitrogen and oxygen atoms in total. The van der Waals surface area contributed by atoms with Crippen LogP contribution in [0.15, 0.2) is 18.2 Å². The average Bonchev–Trinajstić information content (AvgIpc) is 2.43. The largest absolute Gasteiger partial charge is 0.478 e. The van der Waals surface area contributed by atoms with Crippen molar-refractivity contribution in [3.63, 3.8) is 0 Å². The molecular weight excluding hydrogens is 288 g/mol. The first-order valence-electron chi connectivity index (χ1n) is 7.49. The van der Waals surface area contributed by atoms with E-state index in [9.17, 15) is 4.79 Å². The van der Waals surface area contributed by atoms with Crippen molar-refractivity contribution in [1.29, 1.82) is 0 Å². The van der Waals surface area contributed by atoms with Gasteiger partial charge in [0.15, 0.2) is 0 Å². The Kier molecular flexibility index (Phi) is 7.54. The highest BCUT2D eigenvalue weighted by atomic mass is 35.5. The number of hydrogen-bond donors (Lipinski definition) is 2. The monoisotopic (exact) mass is 312 g/mol. The van der Waals surface area contributed by atoms with Gasteiger partial charge in [-0.25, -0.2) is 4.79 Å². The topological polar surface area (TPSA) is 52.6 Å². The highest BCUT2D eigenvalue weighted by Crippen LogP contribution is 2.22. The Hall–Kier alpha value is -1.26. The predicted molar refractivity (Wildman–Crippen MR) is 88.5 cm³/mol. The standard InChI is InChI=1S/C16H25ClN2O2/c1-4-19(5-2)10-6-7-12(3)18-13-8-9-14(16(20)21)15(17)11-13/h8-9,11-12,18H,4-7,10H2,1-3H3,(H,20,21). The molecule has 1 atom stereocenters. The summed E-state index contributed by atoms with van der Waals surface area (Å²) in [7, 11) is 0. The SMILES string of the molecule is CCN(CC)CCCC(C)Nc1ccc(C(=O)O)c(Cl)c1. The number of carboxylic acids is 1. The Morgan fingerprint density at radius 3 is 2.57 bits per heavy atom. The highest BCUT2D eigenvalue weighted by molar-refractivity contribution is 6.33. The number of carbonyl (C=O) groups is 1. The third-order valence-electron chi connectivity index (χ3n) is 3.62. The molecule has 1 aromatic rings. The Bertz CT molecular complexity index is 462. The molecule has 0 fully saturated rings. The summed E-state index contributed by atoms with van der Waals surface area (Å²) in [5.74, 6) is -1.00. The zero-order chi connectivity index (χ0) is 15.8. The molecule has 0 saturated heterocycles. The fourth-order valence-corrected chi connectivity index (χ4v) is 2.56. The van der Waals surface area contributed by atoms with Gasteiger partial charge < -0.3 is 15.3 Å². The number of nitrogens with zero attached hydrogens (tertiary/aromatic N) is 1. The molecule has 0 aliphatic heterocycles. The fourth-order valence-electron chi connectivity index (χ4n) is 2.30. The maximum absolute atomic E-state index is 10.9. The van der Waals surface area contributed by atoms with Crippen molar-refractivity contribution in [3.8, 4) is 0 Å². The van der Waals surface area contributed by atoms with Gasteiger partial charge in [0.05, 0.1) is 10.6 Å². The Morgan fingerprint density at radius 1 is 1.38 bits per heavy atom. The maximum Gasteiger partial charge on any atom is 0.337 e. The van der Waals surface area contributed by atoms with Gasteiger partial charge in [-0.15, -0.1) is 0 Å². The summed E-state index contributed by atoms with van der Waals surface area (Å²) >= 11 is 5.96. The van der Waals surface area contributed by atoms with Crippen LogP contribution in [0.3, 0.4) is 0 Å². The van der Waals surface area contributed by atoms with E-state index in [-0.39, 0.29) is 10.6 Å². The summed E-state index contributed by atoms with van der Waals surface area (Å²) < 4.78 is 0. The average molecular weight is 313 g/mol. The maximum atomic E-state index is 10.9. The molecule has 1 aromatic carbocycles. The third-order valence-corrected chi connectivity index (χ3v) is 3.93. The predicted octanol–water partition coefficient (Wildman–Crippen LogP) is 3.96. The fraction of sp³-hybridized carbons (Fsp3) is 0.562. The molecule has 2 N–H and O–H groups in total. The van der Waals surface area contributed by atoms with E-state index in [0.29, 0.717) is 6.04 Å². The normalized spacial score (nSPS) is 12.4. The Labute approximate surface area is 132 Å². The molecule has 1 unspecified atom stereocenters. The number of aromatic carboxylic acids is 1. The number of carboxylic acid groups (broad SMARTS) is 1. The van der Waals surface area contributed by atoms with Crippen LogP contribution in [0, 0.1) is 0 Å². The summed E-state index contributed by atoms with van der Waals surface area (Å²) in [5.41, 5.74) is 0.997. The second kappa shape index (κ2) is 8.90. The summed E-state index contributed by atoms with van der Waals surface area (Å²) in [4.78, 5) is 13.3. The second-order valence-corrected chi connectivity index (χ2v) is 5.62. The molecule has 0 saturated carbocycles. The molecule has 0 bridgehead atoms. The van der Waals surface area contributed by atoms with Gasteiger partial charge >= 0.3 is 5.97 Å². The van der Waals surface area contributed by atoms with Gasteiger partial charge in [-0.1, -0.05) is 25.4 Å². The van der Waals surface area contributed by atoms with E-state index in [1.54, 1.807) is 12.1 Å². The van der Waals surface area contributed by atoms with Crippen LogP contribution in [0.2, 0.25) is 5.02 Å². The summed E-state index contributed by atoms with van der Waals surface area (Å²) in [6.45, 7) is 9.77. The molecule has 0 aliphatic carbocycles. The van der Waals surface area contributed by atoms with Gasteiger partial charge in [0, 0.05) is 11.7 Å². The molecule has 5 heteroatoms. The van der Waals surface area contributed by atoms with Crippen LogP contribution in [-0.4, -0.2) is 41.7 Å². The van der Waals surface area contributed by atoms with Crippen molar-refractivity contribution >= 4 is 23.3 Å². The van der Waals surface area contributed by atoms with Crippen molar-refractivity contribution < 1.29 is 9.90 Å². The first-order chi connectivity index (χ1) is 9.97. The minimum atomic E-state index is -1.00. The zero-order valence-corrected chi connectivity index (χ0v) is 13.8. The van der Waals surface area contributed by atoms with Gasteiger partial charge in [-0.2, -0.15) is 0 Å². The van der Waals surface area contributed by atoms with E-state index in [4.69, 9.17) is 16.7 Å². The van der Waals surface area contributed by atoms with Crippen LogP contribution in [0.4, 0.5) is 5.69 Å². The van der Waals surface area contributed by atoms with Gasteiger partial charge in [0.2, 0.25) is 0 Å². The zero-order valence-electron chi connectivity index (χ0n) is 13.0. The van der Waals surface area contributed by atoms with Crippen LogP contribution >= 0.6 is 11.6 Å². The van der Waals surface area contributed by atoms with Crippen molar-refractivity contribution in [3.05, 3.63) is 28.8 Å². The molecule has 0 radical (unpaired) electrons. The first-order valence-corrected chi connectivity index (χ1v) is 7.87. The molecule has 0 aromatic heterocycles. The van der Waals surface area contributed by atoms with Crippen molar-refractivity contribution in [1.82, 2.24) is 4.90 Å². The second-order valence-electron chi connectivity index (χ2n) is 5.21. The minimum absolute atomic E-state index is 0.136. The number of nitrogens with one attached hydrogen (secondary N) is 1. The molecule has 0 aliphatic rings. The number of benzene rings is 1. The lowest BCUT2D eigenvalue weighted by molar-refractivity contribution is 0.0697. The smallest absolute Gasteiger partial charge is 0.337 e. The Balaban J connectivity index is 2.46. The van der Waals surface area contributed by atoms with E-state index in [1.807, 2.05) is 0 Å². The van der Waals surface area contributed by atoms with E-state index < -0.39 is 5.97 Å². The van der Waals surface area contributed by atoms with Gasteiger partial charge in [0.1, 0.15) is 0 Å². The molecule has 21 heavy (non-hydrogen) atoms. The number of anilines is 1. The van der Waals surface area contributed by atoms with Gasteiger partial charge in [-0.3, -0.25) is 0 Å². The van der Waals surface area contributed by atoms with Crippen LogP contribution in [0.5, 0.6) is 0 Å². The Morgan fingerprint density at radius 2 is 2.05 bits per heavy atom. The number of halogens is 1. The quantitative estimate of drug-likeness (QED) is 0.724. The van der Waals surface area contributed by atoms with E-state index in [1.165, 1.54) is 6.07 Å². The summed E-state index contributed by atoms with van der Waals surface area (Å²) in [6.07, 6.45) is 2.20. The van der Waals surface area contributed by atoms with Crippen molar-refractivity contribution in [2.24, 2.45) is 0 Å². The highest BCUT2D eigenvalue weighted by Gasteiger charge is 2.10. The number of rotatable bonds is 9. The lowest BCUT2D eigenvalue weighted by Gasteiger charge is -2.20. The first kappa shape index (κ1) is 17.8. The summed E-state index contributed by atoms with van der Waals surface area (Å²) in [5, 5.41) is 12.6. The van der Waals surface area contributed by atoms with Crippen molar-refractivity contribution in [2.45, 2.75) is 39.7 Å². The van der Waals surface area contributed by atoms with E-state index >= 15 is 0 Å². The summed E-state index contributed by atoms with van der Waals surface area (Å²) in [6, 6.07) is 5.30. The van der Waals surface area contributed by atoms with Gasteiger partial charge in [0.25, 0.3) is 0 Å². The van der Waals surface area contributed by atoms with Crippen LogP contribution < -0.4 is 5.32 Å². The molecule has 1 rings (SSSR count). The minimum Gasteiger partial charge on any atom is -0.478 e. The van der Waals surface area contributed by atoms with E-state index in [0.717, 1.165) is 38.2 Å². The van der Waals surface area contributed by atoms with E-state index in [2.05, 4.69) is 31.0 Å². The molecule has 0 heterocycles. The molecule has 0 spiro atoms. The lowest BCUT2D eigenvalue weighted by Crippen LogP contribution is -2.25. The lowest BCUT2D eigenvalue weighted by atomic mass is 10.1. The number of hydrogen-bond acceptors (Lipinski definition) is 3. The molecular formula is C16H25ClN2O2.